The molecule has 4 nitrogen and oxygen atoms in total. The third-order valence-electron chi connectivity index (χ3n) is 3.90. The Bertz CT molecular complexity index is 858. The summed E-state index contributed by atoms with van der Waals surface area (Å²) in [7, 11) is -4.24. The molecule has 0 spiro atoms. The fourth-order valence-electron chi connectivity index (χ4n) is 2.75. The number of halogens is 4. The summed E-state index contributed by atoms with van der Waals surface area (Å²) in [5, 5.41) is 0. The van der Waals surface area contributed by atoms with Crippen molar-refractivity contribution in [2.75, 3.05) is 0 Å². The van der Waals surface area contributed by atoms with Crippen molar-refractivity contribution < 1.29 is 30.4 Å². The Labute approximate surface area is 135 Å². The molecule has 0 saturated carbocycles. The fraction of sp³-hybridized carbons (Fsp3) is 0.333. The van der Waals surface area contributed by atoms with Gasteiger partial charge in [0.1, 0.15) is 11.6 Å². The molecule has 0 aliphatic heterocycles. The van der Waals surface area contributed by atoms with Gasteiger partial charge in [-0.15, -0.1) is 0 Å². The SMILES string of the molecule is O=S(=O)(NC1CCCc2occc21)c1ccc(F)c(C(F)(F)F)c1. The van der Waals surface area contributed by atoms with Gasteiger partial charge in [0.25, 0.3) is 0 Å². The smallest absolute Gasteiger partial charge is 0.419 e. The number of aryl methyl sites for hydroxylation is 1. The van der Waals surface area contributed by atoms with Crippen molar-refractivity contribution in [3.8, 4) is 0 Å². The molecule has 1 unspecified atom stereocenters. The normalized spacial score (nSPS) is 18.4. The molecule has 2 aromatic rings. The second kappa shape index (κ2) is 5.89. The van der Waals surface area contributed by atoms with E-state index in [4.69, 9.17) is 4.42 Å². The van der Waals surface area contributed by atoms with Crippen LogP contribution >= 0.6 is 0 Å². The topological polar surface area (TPSA) is 59.3 Å². The van der Waals surface area contributed by atoms with Crippen LogP contribution in [0.5, 0.6) is 0 Å². The number of rotatable bonds is 3. The minimum absolute atomic E-state index is 0.302. The van der Waals surface area contributed by atoms with Crippen LogP contribution in [-0.2, 0) is 22.6 Å². The third kappa shape index (κ3) is 3.18. The first-order valence-corrected chi connectivity index (χ1v) is 8.62. The number of benzene rings is 1. The van der Waals surface area contributed by atoms with Gasteiger partial charge < -0.3 is 4.42 Å². The molecular formula is C15H13F4NO3S. The zero-order valence-corrected chi connectivity index (χ0v) is 13.0. The molecule has 0 amide bonds. The summed E-state index contributed by atoms with van der Waals surface area (Å²) >= 11 is 0. The van der Waals surface area contributed by atoms with Crippen LogP contribution in [0.4, 0.5) is 17.6 Å². The zero-order valence-electron chi connectivity index (χ0n) is 12.2. The molecule has 0 fully saturated rings. The molecule has 1 aliphatic carbocycles. The highest BCUT2D eigenvalue weighted by Gasteiger charge is 2.36. The van der Waals surface area contributed by atoms with Gasteiger partial charge in [0.2, 0.25) is 10.0 Å². The van der Waals surface area contributed by atoms with E-state index < -0.39 is 38.5 Å². The molecule has 24 heavy (non-hydrogen) atoms. The van der Waals surface area contributed by atoms with Crippen LogP contribution in [0.15, 0.2) is 39.8 Å². The molecule has 1 aliphatic rings. The number of sulfonamides is 1. The molecule has 0 bridgehead atoms. The van der Waals surface area contributed by atoms with E-state index in [1.165, 1.54) is 6.26 Å². The quantitative estimate of drug-likeness (QED) is 0.844. The van der Waals surface area contributed by atoms with Crippen molar-refractivity contribution in [1.29, 1.82) is 0 Å². The minimum atomic E-state index is -4.97. The lowest BCUT2D eigenvalue weighted by Crippen LogP contribution is -2.30. The van der Waals surface area contributed by atoms with Gasteiger partial charge in [-0.25, -0.2) is 17.5 Å². The monoisotopic (exact) mass is 363 g/mol. The minimum Gasteiger partial charge on any atom is -0.469 e. The predicted octanol–water partition coefficient (Wildman–Crippen LogP) is 3.79. The van der Waals surface area contributed by atoms with Gasteiger partial charge in [-0.3, -0.25) is 0 Å². The van der Waals surface area contributed by atoms with E-state index in [1.807, 2.05) is 0 Å². The van der Waals surface area contributed by atoms with Crippen molar-refractivity contribution in [2.45, 2.75) is 36.4 Å². The van der Waals surface area contributed by atoms with E-state index in [1.54, 1.807) is 6.07 Å². The van der Waals surface area contributed by atoms with Gasteiger partial charge in [0, 0.05) is 12.0 Å². The van der Waals surface area contributed by atoms with E-state index in [9.17, 15) is 26.0 Å². The molecule has 0 saturated heterocycles. The summed E-state index contributed by atoms with van der Waals surface area (Å²) in [5.74, 6) is -0.861. The molecule has 1 aromatic carbocycles. The van der Waals surface area contributed by atoms with Crippen LogP contribution in [0.2, 0.25) is 0 Å². The molecule has 1 heterocycles. The molecule has 9 heteroatoms. The van der Waals surface area contributed by atoms with E-state index in [0.29, 0.717) is 42.7 Å². The summed E-state index contributed by atoms with van der Waals surface area (Å²) in [4.78, 5) is -0.633. The van der Waals surface area contributed by atoms with Gasteiger partial charge in [0.15, 0.2) is 0 Å². The summed E-state index contributed by atoms with van der Waals surface area (Å²) in [6, 6.07) is 2.66. The Kier molecular flexibility index (Phi) is 4.16. The predicted molar refractivity (Wildman–Crippen MR) is 76.1 cm³/mol. The highest BCUT2D eigenvalue weighted by atomic mass is 32.2. The second-order valence-corrected chi connectivity index (χ2v) is 7.22. The van der Waals surface area contributed by atoms with Gasteiger partial charge >= 0.3 is 6.18 Å². The highest BCUT2D eigenvalue weighted by molar-refractivity contribution is 7.89. The number of fused-ring (bicyclic) bond motifs is 1. The van der Waals surface area contributed by atoms with E-state index >= 15 is 0 Å². The number of alkyl halides is 3. The van der Waals surface area contributed by atoms with Crippen molar-refractivity contribution in [1.82, 2.24) is 4.72 Å². The second-order valence-electron chi connectivity index (χ2n) is 5.50. The number of furan rings is 1. The molecule has 3 rings (SSSR count). The maximum atomic E-state index is 13.3. The fourth-order valence-corrected chi connectivity index (χ4v) is 4.03. The van der Waals surface area contributed by atoms with E-state index in [-0.39, 0.29) is 0 Å². The van der Waals surface area contributed by atoms with E-state index in [2.05, 4.69) is 4.72 Å². The Morgan fingerprint density at radius 2 is 1.96 bits per heavy atom. The first-order valence-electron chi connectivity index (χ1n) is 7.14. The van der Waals surface area contributed by atoms with Gasteiger partial charge in [0.05, 0.1) is 22.8 Å². The zero-order chi connectivity index (χ0) is 17.5. The number of nitrogens with one attached hydrogen (secondary N) is 1. The standard InChI is InChI=1S/C15H13F4NO3S/c16-12-5-4-9(8-11(12)15(17,18)19)24(21,22)20-13-2-1-3-14-10(13)6-7-23-14/h4-8,13,20H,1-3H2. The van der Waals surface area contributed by atoms with E-state index in [0.717, 1.165) is 6.07 Å². The first-order chi connectivity index (χ1) is 11.2. The summed E-state index contributed by atoms with van der Waals surface area (Å²) < 4.78 is 84.0. The van der Waals surface area contributed by atoms with Crippen LogP contribution in [0.1, 0.15) is 35.8 Å². The molecule has 0 radical (unpaired) electrons. The van der Waals surface area contributed by atoms with Crippen LogP contribution in [0.3, 0.4) is 0 Å². The van der Waals surface area contributed by atoms with Crippen LogP contribution in [0.25, 0.3) is 0 Å². The molecule has 130 valence electrons. The number of hydrogen-bond acceptors (Lipinski definition) is 3. The van der Waals surface area contributed by atoms with Crippen LogP contribution in [0, 0.1) is 5.82 Å². The van der Waals surface area contributed by atoms with Gasteiger partial charge in [-0.05, 0) is 37.1 Å². The van der Waals surface area contributed by atoms with Crippen molar-refractivity contribution in [2.24, 2.45) is 0 Å². The summed E-state index contributed by atoms with van der Waals surface area (Å²) in [5.41, 5.74) is -0.944. The lowest BCUT2D eigenvalue weighted by Gasteiger charge is -2.22. The maximum Gasteiger partial charge on any atom is 0.419 e. The Hall–Kier alpha value is -1.87. The van der Waals surface area contributed by atoms with Crippen molar-refractivity contribution in [3.63, 3.8) is 0 Å². The highest BCUT2D eigenvalue weighted by Crippen LogP contribution is 2.34. The Morgan fingerprint density at radius 3 is 2.67 bits per heavy atom. The van der Waals surface area contributed by atoms with Crippen LogP contribution < -0.4 is 4.72 Å². The summed E-state index contributed by atoms with van der Waals surface area (Å²) in [6.07, 6.45) is -1.67. The average molecular weight is 363 g/mol. The van der Waals surface area contributed by atoms with Crippen LogP contribution in [-0.4, -0.2) is 8.42 Å². The maximum absolute atomic E-state index is 13.3. The van der Waals surface area contributed by atoms with Crippen molar-refractivity contribution in [3.05, 3.63) is 53.2 Å². The lowest BCUT2D eigenvalue weighted by atomic mass is 9.94. The summed E-state index contributed by atoms with van der Waals surface area (Å²) in [6.45, 7) is 0. The number of hydrogen-bond donors (Lipinski definition) is 1. The first kappa shape index (κ1) is 17.0. The molecule has 1 N–H and O–H groups in total. The molecule has 1 aromatic heterocycles. The molecule has 1 atom stereocenters. The van der Waals surface area contributed by atoms with Gasteiger partial charge in [-0.1, -0.05) is 0 Å². The largest absolute Gasteiger partial charge is 0.469 e. The third-order valence-corrected chi connectivity index (χ3v) is 5.37. The van der Waals surface area contributed by atoms with Gasteiger partial charge in [-0.2, -0.15) is 13.2 Å². The molecular weight excluding hydrogens is 350 g/mol. The lowest BCUT2D eigenvalue weighted by molar-refractivity contribution is -0.140. The average Bonchev–Trinajstić information content (AvgIpc) is 2.95. The Morgan fingerprint density at radius 1 is 1.21 bits per heavy atom. The van der Waals surface area contributed by atoms with Crippen molar-refractivity contribution >= 4 is 10.0 Å². The Balaban J connectivity index is 1.93.